The van der Waals surface area contributed by atoms with Gasteiger partial charge in [0.2, 0.25) is 0 Å². The molecule has 4 aromatic rings. The molecule has 1 aliphatic rings. The number of fused-ring (bicyclic) bond motifs is 1. The summed E-state index contributed by atoms with van der Waals surface area (Å²) in [5.41, 5.74) is 1.45. The Morgan fingerprint density at radius 2 is 2.15 bits per heavy atom. The highest BCUT2D eigenvalue weighted by Gasteiger charge is 2.23. The van der Waals surface area contributed by atoms with E-state index in [2.05, 4.69) is 43.1 Å². The molecule has 39 heavy (non-hydrogen) atoms. The largest absolute Gasteiger partial charge is 0.487 e. The van der Waals surface area contributed by atoms with E-state index in [-0.39, 0.29) is 30.5 Å². The molecule has 2 amide bonds. The van der Waals surface area contributed by atoms with Crippen molar-refractivity contribution in [2.24, 2.45) is 0 Å². The van der Waals surface area contributed by atoms with E-state index in [4.69, 9.17) is 16.3 Å². The van der Waals surface area contributed by atoms with Crippen LogP contribution in [0.1, 0.15) is 23.8 Å². The number of benzene rings is 2. The zero-order valence-electron chi connectivity index (χ0n) is 21.1. The highest BCUT2D eigenvalue weighted by molar-refractivity contribution is 7.19. The molecular formula is C28H26ClFN6O2S. The lowest BCUT2D eigenvalue weighted by atomic mass is 10.2. The molecule has 5 rings (SSSR count). The summed E-state index contributed by atoms with van der Waals surface area (Å²) in [4.78, 5) is 22.2. The minimum absolute atomic E-state index is 0.00499. The molecule has 4 N–H and O–H groups in total. The second-order valence-corrected chi connectivity index (χ2v) is 10.3. The van der Waals surface area contributed by atoms with Crippen LogP contribution in [0.2, 0.25) is 5.02 Å². The first kappa shape index (κ1) is 26.7. The van der Waals surface area contributed by atoms with E-state index in [1.54, 1.807) is 24.3 Å². The standard InChI is InChI=1S/C28H26ClFN6O2S/c1-2-31-28(37)36-21-11-19(32-14-21)6-8-22-13-23-26(33-16-34-27(23)39-22)35-20-7-9-25(24(29)12-20)38-15-17-4-3-5-18(30)10-17/h3-5,7,9-10,12-13,16,19,21,32H,2,11,14-15H2,1H3,(H2,31,36,37)(H,33,34,35)/t19-,21-/m0/s1. The van der Waals surface area contributed by atoms with Crippen molar-refractivity contribution in [3.05, 3.63) is 76.1 Å². The van der Waals surface area contributed by atoms with Crippen LogP contribution in [0, 0.1) is 17.7 Å². The number of anilines is 2. The van der Waals surface area contributed by atoms with Crippen LogP contribution in [0.5, 0.6) is 5.75 Å². The van der Waals surface area contributed by atoms with Gasteiger partial charge in [0.25, 0.3) is 0 Å². The number of hydrogen-bond acceptors (Lipinski definition) is 7. The molecule has 0 spiro atoms. The van der Waals surface area contributed by atoms with Gasteiger partial charge in [0.15, 0.2) is 0 Å². The van der Waals surface area contributed by atoms with Crippen molar-refractivity contribution in [3.8, 4) is 17.6 Å². The topological polar surface area (TPSA) is 100 Å². The van der Waals surface area contributed by atoms with E-state index < -0.39 is 0 Å². The van der Waals surface area contributed by atoms with E-state index in [1.807, 2.05) is 19.1 Å². The Labute approximate surface area is 234 Å². The molecule has 3 heterocycles. The van der Waals surface area contributed by atoms with Crippen molar-refractivity contribution in [1.82, 2.24) is 25.9 Å². The highest BCUT2D eigenvalue weighted by atomic mass is 35.5. The van der Waals surface area contributed by atoms with E-state index in [9.17, 15) is 9.18 Å². The van der Waals surface area contributed by atoms with Crippen LogP contribution in [-0.2, 0) is 6.61 Å². The van der Waals surface area contributed by atoms with Crippen LogP contribution in [-0.4, -0.2) is 41.2 Å². The Hall–Kier alpha value is -3.91. The number of aromatic nitrogens is 2. The lowest BCUT2D eigenvalue weighted by molar-refractivity contribution is 0.238. The SMILES string of the molecule is CCNC(=O)N[C@@H]1CN[C@@H](C#Cc2cc3c(Nc4ccc(OCc5cccc(F)c5)c(Cl)c4)ncnc3s2)C1. The average molecular weight is 565 g/mol. The van der Waals surface area contributed by atoms with Crippen molar-refractivity contribution in [2.45, 2.75) is 32.0 Å². The van der Waals surface area contributed by atoms with E-state index in [0.717, 1.165) is 27.2 Å². The number of urea groups is 1. The molecule has 0 saturated carbocycles. The van der Waals surface area contributed by atoms with E-state index >= 15 is 0 Å². The normalized spacial score (nSPS) is 16.4. The number of nitrogens with one attached hydrogen (secondary N) is 4. The fourth-order valence-corrected chi connectivity index (χ4v) is 5.24. The molecule has 0 radical (unpaired) electrons. The summed E-state index contributed by atoms with van der Waals surface area (Å²) in [5, 5.41) is 13.6. The molecule has 1 saturated heterocycles. The van der Waals surface area contributed by atoms with Gasteiger partial charge in [-0.2, -0.15) is 0 Å². The third kappa shape index (κ3) is 6.95. The first-order chi connectivity index (χ1) is 19.0. The third-order valence-corrected chi connectivity index (χ3v) is 7.23. The van der Waals surface area contributed by atoms with E-state index in [1.165, 1.54) is 29.8 Å². The number of carbonyl (C=O) groups excluding carboxylic acids is 1. The Bertz CT molecular complexity index is 1550. The summed E-state index contributed by atoms with van der Waals surface area (Å²) in [5.74, 6) is 7.32. The summed E-state index contributed by atoms with van der Waals surface area (Å²) in [6.45, 7) is 3.36. The molecular weight excluding hydrogens is 539 g/mol. The minimum atomic E-state index is -0.310. The highest BCUT2D eigenvalue weighted by Crippen LogP contribution is 2.33. The van der Waals surface area contributed by atoms with Gasteiger partial charge in [0.1, 0.15) is 35.1 Å². The number of ether oxygens (including phenoxy) is 1. The molecule has 0 aliphatic carbocycles. The van der Waals surface area contributed by atoms with Crippen molar-refractivity contribution in [1.29, 1.82) is 0 Å². The van der Waals surface area contributed by atoms with Gasteiger partial charge >= 0.3 is 6.03 Å². The predicted molar refractivity (Wildman–Crippen MR) is 152 cm³/mol. The molecule has 8 nitrogen and oxygen atoms in total. The second kappa shape index (κ2) is 12.3. The summed E-state index contributed by atoms with van der Waals surface area (Å²) >= 11 is 7.94. The molecule has 1 aliphatic heterocycles. The molecule has 11 heteroatoms. The van der Waals surface area contributed by atoms with Crippen molar-refractivity contribution < 1.29 is 13.9 Å². The predicted octanol–water partition coefficient (Wildman–Crippen LogP) is 5.21. The van der Waals surface area contributed by atoms with Crippen LogP contribution in [0.4, 0.5) is 20.7 Å². The van der Waals surface area contributed by atoms with Crippen LogP contribution in [0.15, 0.2) is 54.9 Å². The van der Waals surface area contributed by atoms with Gasteiger partial charge < -0.3 is 26.0 Å². The average Bonchev–Trinajstić information content (AvgIpc) is 3.54. The van der Waals surface area contributed by atoms with Crippen LogP contribution < -0.4 is 26.0 Å². The smallest absolute Gasteiger partial charge is 0.315 e. The monoisotopic (exact) mass is 564 g/mol. The van der Waals surface area contributed by atoms with Crippen LogP contribution in [0.3, 0.4) is 0 Å². The number of thiophene rings is 1. The third-order valence-electron chi connectivity index (χ3n) is 5.98. The molecule has 2 aromatic carbocycles. The molecule has 200 valence electrons. The number of carbonyl (C=O) groups is 1. The lowest BCUT2D eigenvalue weighted by Gasteiger charge is -2.11. The van der Waals surface area contributed by atoms with Crippen LogP contribution >= 0.6 is 22.9 Å². The van der Waals surface area contributed by atoms with Crippen molar-refractivity contribution in [3.63, 3.8) is 0 Å². The first-order valence-corrected chi connectivity index (χ1v) is 13.6. The summed E-state index contributed by atoms with van der Waals surface area (Å²) in [6, 6.07) is 13.4. The lowest BCUT2D eigenvalue weighted by Crippen LogP contribution is -2.42. The zero-order valence-corrected chi connectivity index (χ0v) is 22.6. The fourth-order valence-electron chi connectivity index (χ4n) is 4.15. The van der Waals surface area contributed by atoms with Gasteiger partial charge in [-0.3, -0.25) is 0 Å². The summed E-state index contributed by atoms with van der Waals surface area (Å²) < 4.78 is 19.2. The van der Waals surface area contributed by atoms with Gasteiger partial charge in [-0.25, -0.2) is 19.2 Å². The minimum Gasteiger partial charge on any atom is -0.487 e. The van der Waals surface area contributed by atoms with Crippen molar-refractivity contribution >= 4 is 50.7 Å². The maximum Gasteiger partial charge on any atom is 0.315 e. The van der Waals surface area contributed by atoms with E-state index in [0.29, 0.717) is 35.2 Å². The molecule has 2 atom stereocenters. The Balaban J connectivity index is 1.24. The molecule has 0 bridgehead atoms. The van der Waals surface area contributed by atoms with Gasteiger partial charge in [-0.15, -0.1) is 11.3 Å². The second-order valence-electron chi connectivity index (χ2n) is 8.91. The summed E-state index contributed by atoms with van der Waals surface area (Å²) in [6.07, 6.45) is 2.25. The Kier molecular flexibility index (Phi) is 8.42. The molecule has 0 unspecified atom stereocenters. The number of nitrogens with zero attached hydrogens (tertiary/aromatic N) is 2. The molecule has 2 aromatic heterocycles. The number of halogens is 2. The van der Waals surface area contributed by atoms with Gasteiger partial charge in [-0.1, -0.05) is 35.6 Å². The summed E-state index contributed by atoms with van der Waals surface area (Å²) in [7, 11) is 0. The zero-order chi connectivity index (χ0) is 27.2. The fraction of sp³-hybridized carbons (Fsp3) is 0.250. The maximum absolute atomic E-state index is 13.4. The maximum atomic E-state index is 13.4. The number of rotatable bonds is 7. The Morgan fingerprint density at radius 1 is 1.26 bits per heavy atom. The van der Waals surface area contributed by atoms with Gasteiger partial charge in [0.05, 0.1) is 21.3 Å². The van der Waals surface area contributed by atoms with Gasteiger partial charge in [0, 0.05) is 24.8 Å². The molecule has 1 fully saturated rings. The quantitative estimate of drug-likeness (QED) is 0.230. The number of hydrogen-bond donors (Lipinski definition) is 4. The van der Waals surface area contributed by atoms with Gasteiger partial charge in [-0.05, 0) is 55.3 Å². The first-order valence-electron chi connectivity index (χ1n) is 12.4. The Morgan fingerprint density at radius 3 is 2.97 bits per heavy atom. The number of amides is 2. The van der Waals surface area contributed by atoms with Crippen LogP contribution in [0.25, 0.3) is 10.2 Å². The van der Waals surface area contributed by atoms with Crippen molar-refractivity contribution in [2.75, 3.05) is 18.4 Å².